The molecule has 0 saturated heterocycles. The van der Waals surface area contributed by atoms with Crippen molar-refractivity contribution in [3.05, 3.63) is 34.1 Å². The molecule has 0 fully saturated rings. The zero-order valence-corrected chi connectivity index (χ0v) is 12.7. The van der Waals surface area contributed by atoms with Crippen LogP contribution in [0.25, 0.3) is 0 Å². The number of aromatic nitrogens is 3. The Bertz CT molecular complexity index is 658. The van der Waals surface area contributed by atoms with Crippen LogP contribution in [0, 0.1) is 0 Å². The summed E-state index contributed by atoms with van der Waals surface area (Å²) in [5, 5.41) is 7.06. The average molecular weight is 311 g/mol. The van der Waals surface area contributed by atoms with Gasteiger partial charge < -0.3 is 9.15 Å². The van der Waals surface area contributed by atoms with Crippen molar-refractivity contribution in [1.29, 1.82) is 0 Å². The van der Waals surface area contributed by atoms with E-state index in [-0.39, 0.29) is 11.4 Å². The average Bonchev–Trinajstić information content (AvgIpc) is 3.09. The van der Waals surface area contributed by atoms with Gasteiger partial charge in [0.1, 0.15) is 5.76 Å². The minimum absolute atomic E-state index is 0.165. The van der Waals surface area contributed by atoms with Gasteiger partial charge in [0.25, 0.3) is 0 Å². The largest absolute Gasteiger partial charge is 0.463 e. The molecule has 0 spiro atoms. The maximum Gasteiger partial charge on any atom is 0.373 e. The van der Waals surface area contributed by atoms with Crippen LogP contribution in [0.5, 0.6) is 0 Å². The maximum absolute atomic E-state index is 11.6. The number of nitrogens with one attached hydrogen (secondary N) is 1. The summed E-state index contributed by atoms with van der Waals surface area (Å²) in [6.07, 6.45) is 1.92. The lowest BCUT2D eigenvalue weighted by Gasteiger charge is -2.03. The number of hydrogen-bond donors (Lipinski definition) is 1. The summed E-state index contributed by atoms with van der Waals surface area (Å²) in [5.41, 5.74) is -0.208. The summed E-state index contributed by atoms with van der Waals surface area (Å²) in [7, 11) is 1.30. The lowest BCUT2D eigenvalue weighted by Crippen LogP contribution is -2.17. The number of ether oxygens (including phenoxy) is 1. The highest BCUT2D eigenvalue weighted by atomic mass is 32.2. The molecule has 7 nitrogen and oxygen atoms in total. The van der Waals surface area contributed by atoms with Crippen LogP contribution in [0.15, 0.2) is 26.5 Å². The first-order valence-electron chi connectivity index (χ1n) is 6.60. The van der Waals surface area contributed by atoms with E-state index in [1.54, 1.807) is 16.7 Å². The molecule has 2 aromatic rings. The fourth-order valence-corrected chi connectivity index (χ4v) is 2.60. The summed E-state index contributed by atoms with van der Waals surface area (Å²) >= 11 is 1.38. The second kappa shape index (κ2) is 7.16. The fourth-order valence-electron chi connectivity index (χ4n) is 1.73. The van der Waals surface area contributed by atoms with E-state index in [0.717, 1.165) is 12.8 Å². The predicted molar refractivity (Wildman–Crippen MR) is 77.4 cm³/mol. The summed E-state index contributed by atoms with van der Waals surface area (Å²) in [4.78, 5) is 22.9. The second-order valence-corrected chi connectivity index (χ2v) is 5.31. The Morgan fingerprint density at radius 3 is 3.05 bits per heavy atom. The highest BCUT2D eigenvalue weighted by Crippen LogP contribution is 2.21. The van der Waals surface area contributed by atoms with Gasteiger partial charge >= 0.3 is 11.7 Å². The third-order valence-corrected chi connectivity index (χ3v) is 3.85. The Kier molecular flexibility index (Phi) is 5.26. The van der Waals surface area contributed by atoms with E-state index in [0.29, 0.717) is 23.2 Å². The van der Waals surface area contributed by atoms with Crippen molar-refractivity contribution >= 4 is 17.7 Å². The molecule has 2 rings (SSSR count). The van der Waals surface area contributed by atoms with Crippen LogP contribution < -0.4 is 5.69 Å². The molecule has 0 unspecified atom stereocenters. The Morgan fingerprint density at radius 2 is 2.33 bits per heavy atom. The zero-order chi connectivity index (χ0) is 15.2. The molecule has 0 saturated carbocycles. The Labute approximate surface area is 125 Å². The lowest BCUT2D eigenvalue weighted by atomic mass is 10.3. The fraction of sp³-hybridized carbons (Fsp3) is 0.462. The van der Waals surface area contributed by atoms with Gasteiger partial charge in [0, 0.05) is 6.54 Å². The lowest BCUT2D eigenvalue weighted by molar-refractivity contribution is 0.0563. The molecule has 21 heavy (non-hydrogen) atoms. The molecule has 0 aliphatic rings. The van der Waals surface area contributed by atoms with Crippen molar-refractivity contribution in [3.8, 4) is 0 Å². The number of carbonyl (C=O) groups is 1. The van der Waals surface area contributed by atoms with Gasteiger partial charge in [0.15, 0.2) is 5.16 Å². The number of unbranched alkanes of at least 4 members (excludes halogenated alkanes) is 1. The number of H-pyrrole nitrogens is 1. The van der Waals surface area contributed by atoms with Gasteiger partial charge in [-0.05, 0) is 18.6 Å². The van der Waals surface area contributed by atoms with Crippen LogP contribution in [-0.4, -0.2) is 27.8 Å². The number of nitrogens with zero attached hydrogens (tertiary/aromatic N) is 2. The van der Waals surface area contributed by atoms with Crippen molar-refractivity contribution in [3.63, 3.8) is 0 Å². The quantitative estimate of drug-likeness (QED) is 0.621. The monoisotopic (exact) mass is 311 g/mol. The normalized spacial score (nSPS) is 10.8. The van der Waals surface area contributed by atoms with E-state index < -0.39 is 5.97 Å². The van der Waals surface area contributed by atoms with E-state index in [1.165, 1.54) is 18.9 Å². The van der Waals surface area contributed by atoms with Gasteiger partial charge in [0.05, 0.1) is 12.9 Å². The van der Waals surface area contributed by atoms with Crippen molar-refractivity contribution in [1.82, 2.24) is 14.8 Å². The number of carbonyl (C=O) groups excluding carboxylic acids is 1. The SMILES string of the molecule is CCCCn1c(SCc2ccc(C(=O)OC)o2)n[nH]c1=O. The van der Waals surface area contributed by atoms with Crippen LogP contribution in [0.2, 0.25) is 0 Å². The van der Waals surface area contributed by atoms with Crippen LogP contribution >= 0.6 is 11.8 Å². The maximum atomic E-state index is 11.6. The molecule has 1 N–H and O–H groups in total. The first-order valence-corrected chi connectivity index (χ1v) is 7.59. The summed E-state index contributed by atoms with van der Waals surface area (Å²) in [5.74, 6) is 0.759. The van der Waals surface area contributed by atoms with E-state index in [9.17, 15) is 9.59 Å². The molecule has 0 bridgehead atoms. The number of methoxy groups -OCH3 is 1. The van der Waals surface area contributed by atoms with Gasteiger partial charge in [-0.1, -0.05) is 25.1 Å². The van der Waals surface area contributed by atoms with E-state index >= 15 is 0 Å². The number of esters is 1. The molecular formula is C13H17N3O4S. The van der Waals surface area contributed by atoms with E-state index in [1.807, 2.05) is 0 Å². The Balaban J connectivity index is 2.01. The third-order valence-electron chi connectivity index (χ3n) is 2.85. The topological polar surface area (TPSA) is 90.1 Å². The van der Waals surface area contributed by atoms with Crippen molar-refractivity contribution in [2.45, 2.75) is 37.2 Å². The molecule has 0 aliphatic heterocycles. The zero-order valence-electron chi connectivity index (χ0n) is 11.9. The molecule has 0 radical (unpaired) electrons. The van der Waals surface area contributed by atoms with Crippen molar-refractivity contribution in [2.24, 2.45) is 0 Å². The molecular weight excluding hydrogens is 294 g/mol. The molecule has 0 aliphatic carbocycles. The number of aromatic amines is 1. The van der Waals surface area contributed by atoms with Gasteiger partial charge in [-0.15, -0.1) is 5.10 Å². The highest BCUT2D eigenvalue weighted by Gasteiger charge is 2.13. The first kappa shape index (κ1) is 15.4. The number of thioether (sulfide) groups is 1. The molecule has 8 heteroatoms. The molecule has 2 heterocycles. The number of furan rings is 1. The van der Waals surface area contributed by atoms with Crippen LogP contribution in [-0.2, 0) is 17.0 Å². The first-order chi connectivity index (χ1) is 10.2. The smallest absolute Gasteiger partial charge is 0.373 e. The predicted octanol–water partition coefficient (Wildman–Crippen LogP) is 2.04. The minimum Gasteiger partial charge on any atom is -0.463 e. The van der Waals surface area contributed by atoms with Crippen LogP contribution in [0.4, 0.5) is 0 Å². The molecule has 0 amide bonds. The van der Waals surface area contributed by atoms with Crippen molar-refractivity contribution in [2.75, 3.05) is 7.11 Å². The minimum atomic E-state index is -0.508. The van der Waals surface area contributed by atoms with Gasteiger partial charge in [-0.25, -0.2) is 14.7 Å². The van der Waals surface area contributed by atoms with Crippen molar-refractivity contribution < 1.29 is 13.9 Å². The van der Waals surface area contributed by atoms with Gasteiger partial charge in [-0.3, -0.25) is 4.57 Å². The molecule has 0 aromatic carbocycles. The Morgan fingerprint density at radius 1 is 1.52 bits per heavy atom. The molecule has 0 atom stereocenters. The van der Waals surface area contributed by atoms with E-state index in [2.05, 4.69) is 21.9 Å². The summed E-state index contributed by atoms with van der Waals surface area (Å²) in [6.45, 7) is 2.70. The summed E-state index contributed by atoms with van der Waals surface area (Å²) in [6, 6.07) is 3.27. The van der Waals surface area contributed by atoms with E-state index in [4.69, 9.17) is 4.42 Å². The van der Waals surface area contributed by atoms with Crippen LogP contribution in [0.1, 0.15) is 36.1 Å². The standard InChI is InChI=1S/C13H17N3O4S/c1-3-4-7-16-12(18)14-15-13(16)21-8-9-5-6-10(20-9)11(17)19-2/h5-6H,3-4,7-8H2,1-2H3,(H,14,18). The summed E-state index contributed by atoms with van der Waals surface area (Å²) < 4.78 is 11.6. The highest BCUT2D eigenvalue weighted by molar-refractivity contribution is 7.98. The molecule has 2 aromatic heterocycles. The van der Waals surface area contributed by atoms with Crippen LogP contribution in [0.3, 0.4) is 0 Å². The Hall–Kier alpha value is -1.96. The second-order valence-electron chi connectivity index (χ2n) is 4.36. The van der Waals surface area contributed by atoms with Gasteiger partial charge in [0.2, 0.25) is 5.76 Å². The number of rotatable bonds is 7. The number of hydrogen-bond acceptors (Lipinski definition) is 6. The molecule has 114 valence electrons. The van der Waals surface area contributed by atoms with Gasteiger partial charge in [-0.2, -0.15) is 0 Å². The third kappa shape index (κ3) is 3.78.